The summed E-state index contributed by atoms with van der Waals surface area (Å²) in [4.78, 5) is 11.8. The van der Waals surface area contributed by atoms with Crippen molar-refractivity contribution >= 4 is 27.5 Å². The van der Waals surface area contributed by atoms with Crippen LogP contribution in [0.5, 0.6) is 0 Å². The third-order valence-electron chi connectivity index (χ3n) is 3.38. The van der Waals surface area contributed by atoms with E-state index in [0.717, 1.165) is 29.8 Å². The standard InChI is InChI=1S/C14H19BrN2O2/c1-10(11-6-7-19-9-11)16-8-14(18)17-13-4-2-12(15)3-5-13/h2-5,10-11,16H,6-9H2,1H3,(H,17,18). The second-order valence-corrected chi connectivity index (χ2v) is 5.76. The molecule has 1 fully saturated rings. The molecule has 1 saturated heterocycles. The van der Waals surface area contributed by atoms with E-state index in [4.69, 9.17) is 4.74 Å². The minimum Gasteiger partial charge on any atom is -0.381 e. The average molecular weight is 327 g/mol. The highest BCUT2D eigenvalue weighted by Gasteiger charge is 2.22. The highest BCUT2D eigenvalue weighted by molar-refractivity contribution is 9.10. The van der Waals surface area contributed by atoms with Gasteiger partial charge in [-0.15, -0.1) is 0 Å². The van der Waals surface area contributed by atoms with Gasteiger partial charge in [0.1, 0.15) is 0 Å². The van der Waals surface area contributed by atoms with Crippen molar-refractivity contribution in [2.75, 3.05) is 25.1 Å². The van der Waals surface area contributed by atoms with Gasteiger partial charge in [-0.3, -0.25) is 4.79 Å². The van der Waals surface area contributed by atoms with Gasteiger partial charge >= 0.3 is 0 Å². The summed E-state index contributed by atoms with van der Waals surface area (Å²) in [5, 5.41) is 6.12. The zero-order valence-corrected chi connectivity index (χ0v) is 12.6. The van der Waals surface area contributed by atoms with Crippen LogP contribution in [0, 0.1) is 5.92 Å². The molecule has 1 aliphatic rings. The number of carbonyl (C=O) groups is 1. The lowest BCUT2D eigenvalue weighted by molar-refractivity contribution is -0.115. The van der Waals surface area contributed by atoms with Gasteiger partial charge < -0.3 is 15.4 Å². The maximum atomic E-state index is 11.8. The lowest BCUT2D eigenvalue weighted by Gasteiger charge is -2.18. The average Bonchev–Trinajstić information content (AvgIpc) is 2.93. The lowest BCUT2D eigenvalue weighted by Crippen LogP contribution is -2.39. The fourth-order valence-electron chi connectivity index (χ4n) is 2.11. The van der Waals surface area contributed by atoms with Gasteiger partial charge in [-0.2, -0.15) is 0 Å². The van der Waals surface area contributed by atoms with Crippen LogP contribution in [-0.4, -0.2) is 31.7 Å². The number of benzene rings is 1. The van der Waals surface area contributed by atoms with Gasteiger partial charge in [-0.1, -0.05) is 15.9 Å². The van der Waals surface area contributed by atoms with Crippen molar-refractivity contribution in [3.8, 4) is 0 Å². The van der Waals surface area contributed by atoms with E-state index in [2.05, 4.69) is 33.5 Å². The van der Waals surface area contributed by atoms with E-state index >= 15 is 0 Å². The molecular weight excluding hydrogens is 308 g/mol. The summed E-state index contributed by atoms with van der Waals surface area (Å²) < 4.78 is 6.35. The monoisotopic (exact) mass is 326 g/mol. The summed E-state index contributed by atoms with van der Waals surface area (Å²) in [6, 6.07) is 7.85. The van der Waals surface area contributed by atoms with Crippen LogP contribution >= 0.6 is 15.9 Å². The number of hydrogen-bond acceptors (Lipinski definition) is 3. The Balaban J connectivity index is 1.73. The van der Waals surface area contributed by atoms with Gasteiger partial charge in [0, 0.05) is 22.8 Å². The summed E-state index contributed by atoms with van der Waals surface area (Å²) in [5.41, 5.74) is 0.812. The number of ether oxygens (including phenoxy) is 1. The van der Waals surface area contributed by atoms with Gasteiger partial charge in [0.2, 0.25) is 5.91 Å². The van der Waals surface area contributed by atoms with E-state index in [-0.39, 0.29) is 5.91 Å². The first-order chi connectivity index (χ1) is 9.15. The molecule has 2 N–H and O–H groups in total. The van der Waals surface area contributed by atoms with Crippen LogP contribution in [0.2, 0.25) is 0 Å². The van der Waals surface area contributed by atoms with Crippen molar-refractivity contribution in [3.05, 3.63) is 28.7 Å². The predicted molar refractivity (Wildman–Crippen MR) is 79.2 cm³/mol. The molecule has 0 radical (unpaired) electrons. The molecule has 19 heavy (non-hydrogen) atoms. The second-order valence-electron chi connectivity index (χ2n) is 4.85. The first-order valence-electron chi connectivity index (χ1n) is 6.51. The van der Waals surface area contributed by atoms with Crippen LogP contribution in [0.4, 0.5) is 5.69 Å². The normalized spacial score (nSPS) is 20.2. The molecule has 1 aromatic rings. The molecule has 0 aliphatic carbocycles. The van der Waals surface area contributed by atoms with Gasteiger partial charge in [0.05, 0.1) is 13.2 Å². The molecule has 2 rings (SSSR count). The molecule has 1 amide bonds. The summed E-state index contributed by atoms with van der Waals surface area (Å²) in [6.07, 6.45) is 1.07. The van der Waals surface area contributed by atoms with E-state index in [1.54, 1.807) is 0 Å². The predicted octanol–water partition coefficient (Wildman–Crippen LogP) is 2.40. The SMILES string of the molecule is CC(NCC(=O)Nc1ccc(Br)cc1)C1CCOC1. The Morgan fingerprint density at radius 1 is 1.47 bits per heavy atom. The van der Waals surface area contributed by atoms with Crippen molar-refractivity contribution in [2.24, 2.45) is 5.92 Å². The molecule has 4 nitrogen and oxygen atoms in total. The molecule has 1 aliphatic heterocycles. The van der Waals surface area contributed by atoms with Gasteiger partial charge in [-0.25, -0.2) is 0 Å². The smallest absolute Gasteiger partial charge is 0.238 e. The number of halogens is 1. The van der Waals surface area contributed by atoms with E-state index < -0.39 is 0 Å². The largest absolute Gasteiger partial charge is 0.381 e. The first-order valence-corrected chi connectivity index (χ1v) is 7.31. The zero-order valence-electron chi connectivity index (χ0n) is 11.0. The van der Waals surface area contributed by atoms with E-state index in [9.17, 15) is 4.79 Å². The van der Waals surface area contributed by atoms with Gasteiger partial charge in [0.25, 0.3) is 0 Å². The second kappa shape index (κ2) is 7.03. The molecule has 2 atom stereocenters. The Labute approximate surface area is 122 Å². The zero-order chi connectivity index (χ0) is 13.7. The molecule has 0 spiro atoms. The summed E-state index contributed by atoms with van der Waals surface area (Å²) in [7, 11) is 0. The van der Waals surface area contributed by atoms with E-state index in [1.807, 2.05) is 24.3 Å². The van der Waals surface area contributed by atoms with Crippen molar-refractivity contribution in [2.45, 2.75) is 19.4 Å². The Hall–Kier alpha value is -0.910. The molecule has 5 heteroatoms. The highest BCUT2D eigenvalue weighted by atomic mass is 79.9. The van der Waals surface area contributed by atoms with Crippen LogP contribution < -0.4 is 10.6 Å². The Kier molecular flexibility index (Phi) is 5.36. The number of amides is 1. The molecular formula is C14H19BrN2O2. The Morgan fingerprint density at radius 3 is 2.84 bits per heavy atom. The van der Waals surface area contributed by atoms with Crippen LogP contribution in [0.3, 0.4) is 0 Å². The van der Waals surface area contributed by atoms with Gasteiger partial charge in [-0.05, 0) is 43.5 Å². The van der Waals surface area contributed by atoms with Crippen molar-refractivity contribution in [1.82, 2.24) is 5.32 Å². The topological polar surface area (TPSA) is 50.4 Å². The van der Waals surface area contributed by atoms with E-state index in [1.165, 1.54) is 0 Å². The highest BCUT2D eigenvalue weighted by Crippen LogP contribution is 2.16. The molecule has 1 aromatic carbocycles. The maximum absolute atomic E-state index is 11.8. The van der Waals surface area contributed by atoms with Gasteiger partial charge in [0.15, 0.2) is 0 Å². The maximum Gasteiger partial charge on any atom is 0.238 e. The number of hydrogen-bond donors (Lipinski definition) is 2. The molecule has 0 aromatic heterocycles. The van der Waals surface area contributed by atoms with Crippen LogP contribution in [0.15, 0.2) is 28.7 Å². The molecule has 0 saturated carbocycles. The third kappa shape index (κ3) is 4.60. The van der Waals surface area contributed by atoms with E-state index in [0.29, 0.717) is 18.5 Å². The molecule has 104 valence electrons. The summed E-state index contributed by atoms with van der Waals surface area (Å²) in [5.74, 6) is 0.494. The van der Waals surface area contributed by atoms with Crippen LogP contribution in [-0.2, 0) is 9.53 Å². The molecule has 1 heterocycles. The fraction of sp³-hybridized carbons (Fsp3) is 0.500. The van der Waals surface area contributed by atoms with Crippen molar-refractivity contribution < 1.29 is 9.53 Å². The molecule has 2 unspecified atom stereocenters. The lowest BCUT2D eigenvalue weighted by atomic mass is 10.0. The number of anilines is 1. The summed E-state index contributed by atoms with van der Waals surface area (Å²) in [6.45, 7) is 4.06. The minimum absolute atomic E-state index is 0.0203. The Morgan fingerprint density at radius 2 is 2.21 bits per heavy atom. The number of rotatable bonds is 5. The minimum atomic E-state index is -0.0203. The number of nitrogens with one attached hydrogen (secondary N) is 2. The van der Waals surface area contributed by atoms with Crippen molar-refractivity contribution in [1.29, 1.82) is 0 Å². The molecule has 0 bridgehead atoms. The fourth-order valence-corrected chi connectivity index (χ4v) is 2.37. The first kappa shape index (κ1) is 14.5. The van der Waals surface area contributed by atoms with Crippen LogP contribution in [0.1, 0.15) is 13.3 Å². The summed E-state index contributed by atoms with van der Waals surface area (Å²) >= 11 is 3.36. The van der Waals surface area contributed by atoms with Crippen molar-refractivity contribution in [3.63, 3.8) is 0 Å². The Bertz CT molecular complexity index is 416. The quantitative estimate of drug-likeness (QED) is 0.873. The van der Waals surface area contributed by atoms with Crippen LogP contribution in [0.25, 0.3) is 0 Å². The third-order valence-corrected chi connectivity index (χ3v) is 3.91. The number of carbonyl (C=O) groups excluding carboxylic acids is 1.